The van der Waals surface area contributed by atoms with Gasteiger partial charge >= 0.3 is 0 Å². The molecule has 122 valence electrons. The number of para-hydroxylation sites is 3. The number of hydrogen-bond acceptors (Lipinski definition) is 4. The van der Waals surface area contributed by atoms with Crippen LogP contribution in [0.15, 0.2) is 48.5 Å². The van der Waals surface area contributed by atoms with Crippen LogP contribution in [-0.2, 0) is 4.74 Å². The predicted octanol–water partition coefficient (Wildman–Crippen LogP) is 3.36. The molecule has 1 N–H and O–H groups in total. The molecule has 2 rings (SSSR count). The summed E-state index contributed by atoms with van der Waals surface area (Å²) in [7, 11) is 1.54. The van der Waals surface area contributed by atoms with Gasteiger partial charge in [0.05, 0.1) is 25.0 Å². The molecule has 5 nitrogen and oxygen atoms in total. The summed E-state index contributed by atoms with van der Waals surface area (Å²) in [5.74, 6) is 0.888. The fourth-order valence-corrected chi connectivity index (χ4v) is 2.07. The van der Waals surface area contributed by atoms with Crippen LogP contribution < -0.4 is 14.8 Å². The van der Waals surface area contributed by atoms with E-state index < -0.39 is 0 Å². The zero-order valence-electron chi connectivity index (χ0n) is 13.4. The number of rotatable bonds is 8. The maximum atomic E-state index is 12.5. The minimum atomic E-state index is -0.247. The van der Waals surface area contributed by atoms with Crippen molar-refractivity contribution < 1.29 is 19.0 Å². The molecule has 2 aromatic carbocycles. The maximum Gasteiger partial charge on any atom is 0.259 e. The van der Waals surface area contributed by atoms with Crippen molar-refractivity contribution in [2.24, 2.45) is 0 Å². The molecule has 0 spiro atoms. The van der Waals surface area contributed by atoms with Crippen molar-refractivity contribution in [2.45, 2.75) is 6.92 Å². The molecule has 0 radical (unpaired) electrons. The lowest BCUT2D eigenvalue weighted by molar-refractivity contribution is 0.102. The highest BCUT2D eigenvalue weighted by atomic mass is 16.5. The Morgan fingerprint density at radius 1 is 1.00 bits per heavy atom. The van der Waals surface area contributed by atoms with E-state index >= 15 is 0 Å². The Morgan fingerprint density at radius 3 is 2.43 bits per heavy atom. The summed E-state index contributed by atoms with van der Waals surface area (Å²) < 4.78 is 16.1. The van der Waals surface area contributed by atoms with Gasteiger partial charge in [-0.1, -0.05) is 24.3 Å². The second-order valence-electron chi connectivity index (χ2n) is 4.70. The number of nitrogens with one attached hydrogen (secondary N) is 1. The van der Waals surface area contributed by atoms with Crippen LogP contribution in [0.4, 0.5) is 5.69 Å². The highest BCUT2D eigenvalue weighted by Gasteiger charge is 2.13. The predicted molar refractivity (Wildman–Crippen MR) is 89.4 cm³/mol. The minimum absolute atomic E-state index is 0.247. The van der Waals surface area contributed by atoms with Crippen LogP contribution in [0, 0.1) is 0 Å². The van der Waals surface area contributed by atoms with Gasteiger partial charge in [-0.2, -0.15) is 0 Å². The van der Waals surface area contributed by atoms with Gasteiger partial charge in [0, 0.05) is 6.61 Å². The second-order valence-corrected chi connectivity index (χ2v) is 4.70. The summed E-state index contributed by atoms with van der Waals surface area (Å²) >= 11 is 0. The Morgan fingerprint density at radius 2 is 1.70 bits per heavy atom. The van der Waals surface area contributed by atoms with E-state index in [1.165, 1.54) is 7.11 Å². The molecular weight excluding hydrogens is 294 g/mol. The van der Waals surface area contributed by atoms with Crippen LogP contribution in [-0.4, -0.2) is 32.8 Å². The van der Waals surface area contributed by atoms with Gasteiger partial charge in [-0.05, 0) is 31.2 Å². The van der Waals surface area contributed by atoms with Crippen LogP contribution in [0.2, 0.25) is 0 Å². The third-order valence-corrected chi connectivity index (χ3v) is 3.18. The van der Waals surface area contributed by atoms with E-state index in [0.717, 1.165) is 0 Å². The summed E-state index contributed by atoms with van der Waals surface area (Å²) in [6.45, 7) is 3.51. The van der Waals surface area contributed by atoms with Crippen LogP contribution in [0.25, 0.3) is 0 Å². The Kier molecular flexibility index (Phi) is 6.44. The number of hydrogen-bond donors (Lipinski definition) is 1. The number of methoxy groups -OCH3 is 1. The van der Waals surface area contributed by atoms with Crippen molar-refractivity contribution in [1.29, 1.82) is 0 Å². The van der Waals surface area contributed by atoms with Gasteiger partial charge in [0.1, 0.15) is 18.1 Å². The molecule has 0 unspecified atom stereocenters. The highest BCUT2D eigenvalue weighted by Crippen LogP contribution is 2.26. The van der Waals surface area contributed by atoms with Crippen molar-refractivity contribution in [2.75, 3.05) is 32.2 Å². The van der Waals surface area contributed by atoms with Gasteiger partial charge in [0.15, 0.2) is 0 Å². The number of benzene rings is 2. The summed E-state index contributed by atoms with van der Waals surface area (Å²) in [6, 6.07) is 14.4. The Hall–Kier alpha value is -2.53. The minimum Gasteiger partial charge on any atom is -0.496 e. The molecule has 0 aliphatic carbocycles. The fourth-order valence-electron chi connectivity index (χ4n) is 2.07. The van der Waals surface area contributed by atoms with Crippen molar-refractivity contribution in [3.05, 3.63) is 54.1 Å². The summed E-state index contributed by atoms with van der Waals surface area (Å²) in [5, 5.41) is 2.86. The number of amides is 1. The quantitative estimate of drug-likeness (QED) is 0.759. The van der Waals surface area contributed by atoms with Gasteiger partial charge in [-0.25, -0.2) is 0 Å². The second kappa shape index (κ2) is 8.80. The van der Waals surface area contributed by atoms with Crippen molar-refractivity contribution in [3.63, 3.8) is 0 Å². The summed E-state index contributed by atoms with van der Waals surface area (Å²) in [4.78, 5) is 12.5. The van der Waals surface area contributed by atoms with Crippen LogP contribution in [0.3, 0.4) is 0 Å². The lowest BCUT2D eigenvalue weighted by Gasteiger charge is -2.13. The topological polar surface area (TPSA) is 56.8 Å². The molecule has 0 aromatic heterocycles. The average molecular weight is 315 g/mol. The molecule has 0 bridgehead atoms. The molecule has 0 heterocycles. The third kappa shape index (κ3) is 4.72. The zero-order valence-corrected chi connectivity index (χ0v) is 13.4. The van der Waals surface area contributed by atoms with E-state index in [1.54, 1.807) is 24.3 Å². The Labute approximate surface area is 136 Å². The SMILES string of the molecule is CCOCCOc1ccccc1NC(=O)c1ccccc1OC. The lowest BCUT2D eigenvalue weighted by Crippen LogP contribution is -2.14. The molecular formula is C18H21NO4. The smallest absolute Gasteiger partial charge is 0.259 e. The number of carbonyl (C=O) groups is 1. The van der Waals surface area contributed by atoms with E-state index in [9.17, 15) is 4.79 Å². The fraction of sp³-hybridized carbons (Fsp3) is 0.278. The molecule has 0 atom stereocenters. The first-order valence-electron chi connectivity index (χ1n) is 7.50. The number of anilines is 1. The van der Waals surface area contributed by atoms with E-state index in [2.05, 4.69) is 5.32 Å². The molecule has 0 fully saturated rings. The molecule has 0 saturated carbocycles. The lowest BCUT2D eigenvalue weighted by atomic mass is 10.2. The molecule has 0 saturated heterocycles. The normalized spacial score (nSPS) is 10.2. The number of carbonyl (C=O) groups excluding carboxylic acids is 1. The maximum absolute atomic E-state index is 12.5. The van der Waals surface area contributed by atoms with Crippen LogP contribution in [0.1, 0.15) is 17.3 Å². The van der Waals surface area contributed by atoms with Gasteiger partial charge in [0.2, 0.25) is 0 Å². The average Bonchev–Trinajstić information content (AvgIpc) is 2.60. The van der Waals surface area contributed by atoms with Crippen LogP contribution in [0.5, 0.6) is 11.5 Å². The molecule has 1 amide bonds. The van der Waals surface area contributed by atoms with E-state index in [0.29, 0.717) is 42.6 Å². The van der Waals surface area contributed by atoms with E-state index in [4.69, 9.17) is 14.2 Å². The first kappa shape index (κ1) is 16.8. The Balaban J connectivity index is 2.08. The highest BCUT2D eigenvalue weighted by molar-refractivity contribution is 6.06. The van der Waals surface area contributed by atoms with Gasteiger partial charge in [0.25, 0.3) is 5.91 Å². The van der Waals surface area contributed by atoms with E-state index in [1.807, 2.05) is 31.2 Å². The third-order valence-electron chi connectivity index (χ3n) is 3.18. The van der Waals surface area contributed by atoms with Crippen molar-refractivity contribution >= 4 is 11.6 Å². The largest absolute Gasteiger partial charge is 0.496 e. The van der Waals surface area contributed by atoms with Gasteiger partial charge < -0.3 is 19.5 Å². The standard InChI is InChI=1S/C18H21NO4/c1-3-22-12-13-23-17-11-7-5-9-15(17)19-18(20)14-8-4-6-10-16(14)21-2/h4-11H,3,12-13H2,1-2H3,(H,19,20). The first-order valence-corrected chi connectivity index (χ1v) is 7.50. The van der Waals surface area contributed by atoms with E-state index in [-0.39, 0.29) is 5.91 Å². The monoisotopic (exact) mass is 315 g/mol. The Bertz CT molecular complexity index is 642. The molecule has 23 heavy (non-hydrogen) atoms. The zero-order chi connectivity index (χ0) is 16.5. The van der Waals surface area contributed by atoms with Gasteiger partial charge in [-0.3, -0.25) is 4.79 Å². The number of ether oxygens (including phenoxy) is 3. The molecule has 0 aliphatic heterocycles. The van der Waals surface area contributed by atoms with Crippen molar-refractivity contribution in [3.8, 4) is 11.5 Å². The summed E-state index contributed by atoms with van der Waals surface area (Å²) in [5.41, 5.74) is 1.08. The molecule has 2 aromatic rings. The molecule has 5 heteroatoms. The molecule has 0 aliphatic rings. The first-order chi connectivity index (χ1) is 11.3. The summed E-state index contributed by atoms with van der Waals surface area (Å²) in [6.07, 6.45) is 0. The van der Waals surface area contributed by atoms with Crippen LogP contribution >= 0.6 is 0 Å². The van der Waals surface area contributed by atoms with Gasteiger partial charge in [-0.15, -0.1) is 0 Å². The van der Waals surface area contributed by atoms with Crippen molar-refractivity contribution in [1.82, 2.24) is 0 Å².